The summed E-state index contributed by atoms with van der Waals surface area (Å²) in [6.45, 7) is 4.65. The van der Waals surface area contributed by atoms with Crippen molar-refractivity contribution in [1.29, 1.82) is 0 Å². The van der Waals surface area contributed by atoms with Gasteiger partial charge < -0.3 is 4.74 Å². The van der Waals surface area contributed by atoms with Crippen molar-refractivity contribution in [2.75, 3.05) is 19.8 Å². The molecule has 3 heteroatoms. The first kappa shape index (κ1) is 7.98. The number of hydrazine groups is 1. The zero-order valence-electron chi connectivity index (χ0n) is 6.55. The maximum Gasteiger partial charge on any atom is 0.0636 e. The highest BCUT2D eigenvalue weighted by molar-refractivity contribution is 4.69. The molecule has 0 aromatic carbocycles. The first-order valence-corrected chi connectivity index (χ1v) is 3.93. The number of hydrogen-bond donors (Lipinski definition) is 1. The van der Waals surface area contributed by atoms with Crippen molar-refractivity contribution in [3.05, 3.63) is 0 Å². The van der Waals surface area contributed by atoms with Crippen molar-refractivity contribution in [2.24, 2.45) is 5.84 Å². The third kappa shape index (κ3) is 1.94. The van der Waals surface area contributed by atoms with E-state index >= 15 is 0 Å². The standard InChI is InChI=1S/C7H16N2O/c1-2-3-7-6-10-5-4-9(7)8/h7H,2-6,8H2,1H3. The fourth-order valence-electron chi connectivity index (χ4n) is 1.25. The molecular formula is C7H16N2O. The summed E-state index contributed by atoms with van der Waals surface area (Å²) in [4.78, 5) is 0. The summed E-state index contributed by atoms with van der Waals surface area (Å²) >= 11 is 0. The quantitative estimate of drug-likeness (QED) is 0.569. The highest BCUT2D eigenvalue weighted by atomic mass is 16.5. The van der Waals surface area contributed by atoms with Crippen LogP contribution in [0.15, 0.2) is 0 Å². The summed E-state index contributed by atoms with van der Waals surface area (Å²) in [7, 11) is 0. The van der Waals surface area contributed by atoms with Gasteiger partial charge in [-0.1, -0.05) is 13.3 Å². The van der Waals surface area contributed by atoms with E-state index in [1.807, 2.05) is 5.01 Å². The predicted octanol–water partition coefficient (Wildman–Crippen LogP) is 0.361. The lowest BCUT2D eigenvalue weighted by molar-refractivity contribution is -0.0110. The molecule has 1 rings (SSSR count). The Balaban J connectivity index is 2.25. The summed E-state index contributed by atoms with van der Waals surface area (Å²) < 4.78 is 5.28. The molecule has 3 nitrogen and oxygen atoms in total. The monoisotopic (exact) mass is 144 g/mol. The molecular weight excluding hydrogens is 128 g/mol. The van der Waals surface area contributed by atoms with Crippen LogP contribution in [0.4, 0.5) is 0 Å². The molecule has 2 N–H and O–H groups in total. The number of ether oxygens (including phenoxy) is 1. The highest BCUT2D eigenvalue weighted by Gasteiger charge is 2.18. The zero-order valence-corrected chi connectivity index (χ0v) is 6.55. The van der Waals surface area contributed by atoms with Crippen molar-refractivity contribution < 1.29 is 4.74 Å². The van der Waals surface area contributed by atoms with Gasteiger partial charge in [-0.25, -0.2) is 5.01 Å². The lowest BCUT2D eigenvalue weighted by Gasteiger charge is -2.31. The summed E-state index contributed by atoms with van der Waals surface area (Å²) in [5.74, 6) is 5.72. The molecule has 0 aromatic heterocycles. The van der Waals surface area contributed by atoms with Crippen molar-refractivity contribution in [3.8, 4) is 0 Å². The maximum absolute atomic E-state index is 5.72. The second kappa shape index (κ2) is 3.91. The van der Waals surface area contributed by atoms with Crippen LogP contribution in [-0.4, -0.2) is 30.8 Å². The SMILES string of the molecule is CCCC1COCCN1N. The van der Waals surface area contributed by atoms with Crippen LogP contribution in [0.25, 0.3) is 0 Å². The molecule has 1 saturated heterocycles. The van der Waals surface area contributed by atoms with Crippen LogP contribution in [0.5, 0.6) is 0 Å². The lowest BCUT2D eigenvalue weighted by Crippen LogP contribution is -2.49. The molecule has 0 aromatic rings. The minimum Gasteiger partial charge on any atom is -0.378 e. The Bertz CT molecular complexity index is 95.6. The van der Waals surface area contributed by atoms with E-state index in [2.05, 4.69) is 6.92 Å². The van der Waals surface area contributed by atoms with Crippen LogP contribution < -0.4 is 5.84 Å². The Kier molecular flexibility index (Phi) is 3.12. The van der Waals surface area contributed by atoms with E-state index in [0.717, 1.165) is 26.2 Å². The highest BCUT2D eigenvalue weighted by Crippen LogP contribution is 2.07. The van der Waals surface area contributed by atoms with Gasteiger partial charge in [0.1, 0.15) is 0 Å². The van der Waals surface area contributed by atoms with Crippen LogP contribution in [0.3, 0.4) is 0 Å². The predicted molar refractivity (Wildman–Crippen MR) is 40.4 cm³/mol. The van der Waals surface area contributed by atoms with Crippen LogP contribution in [-0.2, 0) is 4.74 Å². The Morgan fingerprint density at radius 3 is 3.10 bits per heavy atom. The van der Waals surface area contributed by atoms with E-state index in [1.54, 1.807) is 0 Å². The van der Waals surface area contributed by atoms with Gasteiger partial charge in [0.25, 0.3) is 0 Å². The molecule has 1 aliphatic heterocycles. The molecule has 60 valence electrons. The van der Waals surface area contributed by atoms with Crippen molar-refractivity contribution in [2.45, 2.75) is 25.8 Å². The minimum absolute atomic E-state index is 0.457. The zero-order chi connectivity index (χ0) is 7.40. The van der Waals surface area contributed by atoms with Crippen molar-refractivity contribution in [3.63, 3.8) is 0 Å². The molecule has 1 atom stereocenters. The largest absolute Gasteiger partial charge is 0.378 e. The summed E-state index contributed by atoms with van der Waals surface area (Å²) in [6, 6.07) is 0.457. The second-order valence-electron chi connectivity index (χ2n) is 2.76. The van der Waals surface area contributed by atoms with Crippen LogP contribution in [0, 0.1) is 0 Å². The number of nitrogens with zero attached hydrogens (tertiary/aromatic N) is 1. The van der Waals surface area contributed by atoms with E-state index in [-0.39, 0.29) is 0 Å². The minimum atomic E-state index is 0.457. The third-order valence-corrected chi connectivity index (χ3v) is 1.89. The Morgan fingerprint density at radius 1 is 1.70 bits per heavy atom. The van der Waals surface area contributed by atoms with E-state index in [9.17, 15) is 0 Å². The number of nitrogens with two attached hydrogens (primary N) is 1. The third-order valence-electron chi connectivity index (χ3n) is 1.89. The summed E-state index contributed by atoms with van der Waals surface area (Å²) in [5.41, 5.74) is 0. The van der Waals surface area contributed by atoms with Gasteiger partial charge in [0, 0.05) is 12.6 Å². The van der Waals surface area contributed by atoms with Gasteiger partial charge in [-0.15, -0.1) is 0 Å². The van der Waals surface area contributed by atoms with Crippen LogP contribution in [0.1, 0.15) is 19.8 Å². The lowest BCUT2D eigenvalue weighted by atomic mass is 10.1. The van der Waals surface area contributed by atoms with Crippen molar-refractivity contribution >= 4 is 0 Å². The molecule has 1 fully saturated rings. The molecule has 0 saturated carbocycles. The topological polar surface area (TPSA) is 38.5 Å². The van der Waals surface area contributed by atoms with E-state index < -0.39 is 0 Å². The molecule has 10 heavy (non-hydrogen) atoms. The molecule has 0 bridgehead atoms. The van der Waals surface area contributed by atoms with E-state index in [4.69, 9.17) is 10.6 Å². The fraction of sp³-hybridized carbons (Fsp3) is 1.00. The summed E-state index contributed by atoms with van der Waals surface area (Å²) in [5, 5.41) is 1.90. The fourth-order valence-corrected chi connectivity index (χ4v) is 1.25. The number of rotatable bonds is 2. The van der Waals surface area contributed by atoms with Gasteiger partial charge in [0.05, 0.1) is 13.2 Å². The Hall–Kier alpha value is -0.120. The van der Waals surface area contributed by atoms with Gasteiger partial charge in [0.15, 0.2) is 0 Å². The number of hydrogen-bond acceptors (Lipinski definition) is 3. The smallest absolute Gasteiger partial charge is 0.0636 e. The average molecular weight is 144 g/mol. The molecule has 1 heterocycles. The van der Waals surface area contributed by atoms with Gasteiger partial charge in [-0.3, -0.25) is 5.84 Å². The van der Waals surface area contributed by atoms with Gasteiger partial charge in [-0.2, -0.15) is 0 Å². The Labute approximate surface area is 62.1 Å². The maximum atomic E-state index is 5.72. The van der Waals surface area contributed by atoms with Crippen LogP contribution >= 0.6 is 0 Å². The van der Waals surface area contributed by atoms with E-state index in [0.29, 0.717) is 6.04 Å². The summed E-state index contributed by atoms with van der Waals surface area (Å²) in [6.07, 6.45) is 2.33. The Morgan fingerprint density at radius 2 is 2.50 bits per heavy atom. The van der Waals surface area contributed by atoms with Gasteiger partial charge in [-0.05, 0) is 6.42 Å². The molecule has 0 amide bonds. The van der Waals surface area contributed by atoms with E-state index in [1.165, 1.54) is 6.42 Å². The first-order chi connectivity index (χ1) is 4.84. The molecule has 0 spiro atoms. The number of morpholine rings is 1. The average Bonchev–Trinajstić information content (AvgIpc) is 1.94. The van der Waals surface area contributed by atoms with Crippen LogP contribution in [0.2, 0.25) is 0 Å². The molecule has 0 aliphatic carbocycles. The first-order valence-electron chi connectivity index (χ1n) is 3.93. The van der Waals surface area contributed by atoms with Gasteiger partial charge >= 0.3 is 0 Å². The van der Waals surface area contributed by atoms with Crippen molar-refractivity contribution in [1.82, 2.24) is 5.01 Å². The van der Waals surface area contributed by atoms with Gasteiger partial charge in [0.2, 0.25) is 0 Å². The molecule has 1 aliphatic rings. The molecule has 0 radical (unpaired) electrons. The second-order valence-corrected chi connectivity index (χ2v) is 2.76. The normalized spacial score (nSPS) is 28.8. The molecule has 1 unspecified atom stereocenters.